The van der Waals surface area contributed by atoms with Crippen molar-refractivity contribution in [3.05, 3.63) is 39.2 Å². The van der Waals surface area contributed by atoms with Crippen LogP contribution in [0.1, 0.15) is 32.1 Å². The van der Waals surface area contributed by atoms with Gasteiger partial charge in [0, 0.05) is 7.11 Å². The molecule has 310 valence electrons. The van der Waals surface area contributed by atoms with Crippen molar-refractivity contribution in [2.75, 3.05) is 26.1 Å². The summed E-state index contributed by atoms with van der Waals surface area (Å²) in [5.41, 5.74) is 4.66. The Kier molecular flexibility index (Phi) is 12.2. The molecule has 26 nitrogen and oxygen atoms in total. The van der Waals surface area contributed by atoms with Gasteiger partial charge < -0.3 is 63.6 Å². The van der Waals surface area contributed by atoms with E-state index in [1.165, 1.54) is 47.4 Å². The highest BCUT2D eigenvalue weighted by molar-refractivity contribution is 8.09. The molecule has 6 heterocycles. The number of aliphatic hydroxyl groups is 2. The lowest BCUT2D eigenvalue weighted by Crippen LogP contribution is -2.47. The third kappa shape index (κ3) is 8.89. The summed E-state index contributed by atoms with van der Waals surface area (Å²) in [5.74, 6) is 0.01000. The number of methoxy groups -OCH3 is 1. The summed E-state index contributed by atoms with van der Waals surface area (Å²) >= 11 is 4.50. The molecule has 0 aromatic carbocycles. The molecular weight excluding hydrogens is 835 g/mol. The minimum Gasteiger partial charge on any atom is -0.779 e. The number of hydrogen-bond donors (Lipinski definition) is 5. The maximum Gasteiger partial charge on any atom is 0.313 e. The van der Waals surface area contributed by atoms with Crippen LogP contribution < -0.4 is 36.1 Å². The first kappa shape index (κ1) is 42.7. The van der Waals surface area contributed by atoms with Gasteiger partial charge in [-0.15, -0.1) is 0 Å². The van der Waals surface area contributed by atoms with Gasteiger partial charge >= 0.3 is 5.65 Å². The number of phosphoric acid groups is 2. The molecular formula is C26H36N9O17P3S-2. The van der Waals surface area contributed by atoms with Gasteiger partial charge in [0.05, 0.1) is 32.7 Å². The lowest BCUT2D eigenvalue weighted by molar-refractivity contribution is -0.746. The predicted molar refractivity (Wildman–Crippen MR) is 183 cm³/mol. The number of anilines is 1. The number of imidazole rings is 2. The number of fused-ring (bicyclic) bond motifs is 2. The van der Waals surface area contributed by atoms with Crippen molar-refractivity contribution < 1.29 is 75.2 Å². The van der Waals surface area contributed by atoms with Crippen molar-refractivity contribution in [2.45, 2.75) is 76.0 Å². The largest absolute Gasteiger partial charge is 0.779 e. The summed E-state index contributed by atoms with van der Waals surface area (Å²) in [6, 6.07) is 0. The smallest absolute Gasteiger partial charge is 0.313 e. The first-order valence-corrected chi connectivity index (χ1v) is 21.8. The minimum absolute atomic E-state index is 0.0382. The Balaban J connectivity index is 1.09. The van der Waals surface area contributed by atoms with Gasteiger partial charge in [0.1, 0.15) is 49.2 Å². The van der Waals surface area contributed by atoms with E-state index in [0.717, 1.165) is 0 Å². The summed E-state index contributed by atoms with van der Waals surface area (Å²) in [6.45, 7) is -2.66. The molecule has 0 saturated carbocycles. The van der Waals surface area contributed by atoms with E-state index in [2.05, 4.69) is 45.3 Å². The monoisotopic (exact) mass is 871 g/mol. The molecule has 6 rings (SSSR count). The SMILES string of the molecule is CO[C@H]1C(O)[C@@H](COP(=O)([O-])OP([O-])(=S)OP(=O)([O-])OC[C@H]2O[C@@H](n3cnc4c(=O)[nH]c(C)nc43)C(O)[C@H]2OC(C)C)O[C@H]1[n+]1cn(C)c2c(=O)[nH]c(N)nc21. The van der Waals surface area contributed by atoms with Gasteiger partial charge in [-0.05, 0) is 20.8 Å². The van der Waals surface area contributed by atoms with Crippen LogP contribution in [0.4, 0.5) is 5.95 Å². The van der Waals surface area contributed by atoms with E-state index >= 15 is 0 Å². The van der Waals surface area contributed by atoms with Gasteiger partial charge in [-0.3, -0.25) is 41.5 Å². The number of hydrogen-bond acceptors (Lipinski definition) is 22. The van der Waals surface area contributed by atoms with Crippen molar-refractivity contribution in [3.63, 3.8) is 0 Å². The van der Waals surface area contributed by atoms with Crippen LogP contribution in [0.5, 0.6) is 0 Å². The second-order valence-corrected chi connectivity index (χ2v) is 18.6. The van der Waals surface area contributed by atoms with E-state index in [1.807, 2.05) is 0 Å². The number of phosphoric ester groups is 2. The summed E-state index contributed by atoms with van der Waals surface area (Å²) in [4.78, 5) is 80.2. The van der Waals surface area contributed by atoms with Crippen molar-refractivity contribution in [3.8, 4) is 0 Å². The molecule has 0 bridgehead atoms. The quantitative estimate of drug-likeness (QED) is 0.0571. The lowest BCUT2D eigenvalue weighted by Gasteiger charge is -2.37. The normalized spacial score (nSPS) is 28.9. The third-order valence-corrected chi connectivity index (χ3v) is 13.7. The Morgan fingerprint density at radius 2 is 1.66 bits per heavy atom. The van der Waals surface area contributed by atoms with Crippen LogP contribution in [0.2, 0.25) is 0 Å². The molecule has 30 heteroatoms. The zero-order valence-electron chi connectivity index (χ0n) is 29.8. The van der Waals surface area contributed by atoms with Crippen LogP contribution in [0.25, 0.3) is 22.3 Å². The number of aliphatic hydroxyl groups excluding tert-OH is 2. The number of nitrogens with zero attached hydrogens (tertiary/aromatic N) is 6. The highest BCUT2D eigenvalue weighted by Gasteiger charge is 2.49. The molecule has 2 fully saturated rings. The van der Waals surface area contributed by atoms with E-state index in [4.69, 9.17) is 33.7 Å². The summed E-state index contributed by atoms with van der Waals surface area (Å²) in [5, 5.41) is 22.0. The standard InChI is InChI=1S/C26H38N9O17P3S/c1-10(2)48-18-13(50-24(17(18)37)34-8-28-14-20(34)29-11(3)30-22(14)38)7-47-54(42,43)52-55(44,56)51-53(40,41)46-6-12-16(36)19(45-5)25(49-12)35-9-33(4)15-21(35)31-26(27)32-23(15)39/h8-10,12-13,16-19,24-25,36-37H,6-7H2,1-5H3,(H6-,27,29,30,31,32,38,39,40,41,42,43,44,56)/p-2/t12-,13-,16?,17?,18+,19+,24-,25-,55?/m1/s1. The summed E-state index contributed by atoms with van der Waals surface area (Å²) < 4.78 is 70.2. The molecule has 2 saturated heterocycles. The molecule has 0 aliphatic carbocycles. The van der Waals surface area contributed by atoms with Crippen LogP contribution in [0.15, 0.2) is 22.2 Å². The van der Waals surface area contributed by atoms with Crippen molar-refractivity contribution in [2.24, 2.45) is 7.05 Å². The van der Waals surface area contributed by atoms with Gasteiger partial charge in [-0.25, -0.2) is 14.5 Å². The summed E-state index contributed by atoms with van der Waals surface area (Å²) in [6.07, 6.45) is -8.77. The van der Waals surface area contributed by atoms with Gasteiger partial charge in [0.2, 0.25) is 11.7 Å². The zero-order valence-corrected chi connectivity index (χ0v) is 33.3. The highest BCUT2D eigenvalue weighted by Crippen LogP contribution is 2.63. The second kappa shape index (κ2) is 16.0. The van der Waals surface area contributed by atoms with Crippen LogP contribution in [-0.4, -0.2) is 107 Å². The van der Waals surface area contributed by atoms with Crippen molar-refractivity contribution in [1.29, 1.82) is 0 Å². The molecule has 0 radical (unpaired) electrons. The van der Waals surface area contributed by atoms with Gasteiger partial charge in [-0.2, -0.15) is 0 Å². The molecule has 0 amide bonds. The van der Waals surface area contributed by atoms with E-state index in [1.54, 1.807) is 13.8 Å². The van der Waals surface area contributed by atoms with Crippen molar-refractivity contribution >= 4 is 62.4 Å². The third-order valence-electron chi connectivity index (χ3n) is 8.41. The number of aryl methyl sites for hydroxylation is 2. The number of aromatic nitrogens is 8. The molecule has 2 aliphatic rings. The van der Waals surface area contributed by atoms with Crippen LogP contribution in [-0.2, 0) is 64.6 Å². The molecule has 5 unspecified atom stereocenters. The molecule has 4 aromatic rings. The maximum absolute atomic E-state index is 12.8. The average molecular weight is 872 g/mol. The number of H-pyrrole nitrogens is 2. The Hall–Kier alpha value is -2.91. The summed E-state index contributed by atoms with van der Waals surface area (Å²) in [7, 11) is -8.79. The van der Waals surface area contributed by atoms with E-state index < -0.39 is 102 Å². The fraction of sp³-hybridized carbons (Fsp3) is 0.615. The highest BCUT2D eigenvalue weighted by atomic mass is 32.5. The Labute approximate surface area is 319 Å². The lowest BCUT2D eigenvalue weighted by atomic mass is 10.1. The molecule has 0 spiro atoms. The Bertz CT molecular complexity index is 2370. The van der Waals surface area contributed by atoms with Gasteiger partial charge in [0.15, 0.2) is 23.7 Å². The first-order valence-electron chi connectivity index (χ1n) is 16.3. The van der Waals surface area contributed by atoms with E-state index in [-0.39, 0.29) is 34.1 Å². The zero-order chi connectivity index (χ0) is 41.1. The number of aromatic amines is 2. The molecule has 56 heavy (non-hydrogen) atoms. The number of ether oxygens (including phenoxy) is 4. The Morgan fingerprint density at radius 1 is 1.02 bits per heavy atom. The molecule has 4 aromatic heterocycles. The number of nitrogens with one attached hydrogen (secondary N) is 2. The van der Waals surface area contributed by atoms with Crippen molar-refractivity contribution in [1.82, 2.24) is 34.1 Å². The fourth-order valence-corrected chi connectivity index (χ4v) is 11.1. The number of rotatable bonds is 15. The number of nitrogen functional groups attached to an aromatic ring is 1. The van der Waals surface area contributed by atoms with Crippen LogP contribution in [0.3, 0.4) is 0 Å². The minimum atomic E-state index is -5.78. The predicted octanol–water partition coefficient (Wildman–Crippen LogP) is -3.51. The van der Waals surface area contributed by atoms with Crippen LogP contribution in [0, 0.1) is 6.92 Å². The fourth-order valence-electron chi connectivity index (χ4n) is 6.21. The van der Waals surface area contributed by atoms with E-state index in [0.29, 0.717) is 0 Å². The molecule has 11 atom stereocenters. The van der Waals surface area contributed by atoms with Gasteiger partial charge in [0.25, 0.3) is 32.7 Å². The average Bonchev–Trinajstić information content (AvgIpc) is 3.80. The Morgan fingerprint density at radius 3 is 2.29 bits per heavy atom. The van der Waals surface area contributed by atoms with Gasteiger partial charge in [-0.1, -0.05) is 16.8 Å². The second-order valence-electron chi connectivity index (χ2n) is 12.8. The number of nitrogens with two attached hydrogens (primary N) is 1. The molecule has 2 aliphatic heterocycles. The van der Waals surface area contributed by atoms with Crippen LogP contribution >= 0.6 is 22.4 Å². The topological polar surface area (TPSA) is 362 Å². The maximum atomic E-state index is 12.8. The first-order chi connectivity index (χ1) is 26.1. The van der Waals surface area contributed by atoms with E-state index in [9.17, 15) is 43.6 Å². The molecule has 6 N–H and O–H groups in total.